The molecule has 0 aliphatic heterocycles. The van der Waals surface area contributed by atoms with E-state index in [1.807, 2.05) is 0 Å². The van der Waals surface area contributed by atoms with E-state index in [1.165, 1.54) is 27.7 Å². The number of hydrogen-bond acceptors (Lipinski definition) is 3. The molecule has 0 unspecified atom stereocenters. The van der Waals surface area contributed by atoms with Gasteiger partial charge in [-0.05, 0) is 19.1 Å². The van der Waals surface area contributed by atoms with E-state index in [0.29, 0.717) is 10.7 Å². The van der Waals surface area contributed by atoms with Gasteiger partial charge in [-0.2, -0.15) is 10.2 Å². The topological polar surface area (TPSA) is 64.7 Å². The molecule has 3 rings (SSSR count). The second-order valence-corrected chi connectivity index (χ2v) is 6.75. The number of aryl methyl sites for hydroxylation is 1. The third-order valence-electron chi connectivity index (χ3n) is 3.55. The Balaban J connectivity index is 1.71. The zero-order valence-electron chi connectivity index (χ0n) is 13.5. The number of amides is 1. The zero-order valence-corrected chi connectivity index (χ0v) is 15.8. The Labute approximate surface area is 163 Å². The van der Waals surface area contributed by atoms with Crippen molar-refractivity contribution in [2.24, 2.45) is 0 Å². The van der Waals surface area contributed by atoms with Crippen LogP contribution in [0.5, 0.6) is 0 Å². The maximum Gasteiger partial charge on any atom is 0.247 e. The number of carbonyl (C=O) groups excluding carboxylic acids is 1. The molecule has 6 nitrogen and oxygen atoms in total. The highest BCUT2D eigenvalue weighted by Crippen LogP contribution is 2.23. The smallest absolute Gasteiger partial charge is 0.247 e. The summed E-state index contributed by atoms with van der Waals surface area (Å²) in [5.41, 5.74) is 0.913. The number of hydrogen-bond donors (Lipinski definition) is 1. The number of rotatable bonds is 5. The molecule has 26 heavy (non-hydrogen) atoms. The number of benzene rings is 1. The van der Waals surface area contributed by atoms with Gasteiger partial charge in [0.15, 0.2) is 5.82 Å². The Hall–Kier alpha value is -2.09. The van der Waals surface area contributed by atoms with Crippen LogP contribution >= 0.6 is 34.8 Å². The van der Waals surface area contributed by atoms with E-state index in [0.717, 1.165) is 0 Å². The van der Waals surface area contributed by atoms with Crippen LogP contribution in [0.1, 0.15) is 11.3 Å². The van der Waals surface area contributed by atoms with E-state index in [1.54, 1.807) is 19.2 Å². The predicted octanol–water partition coefficient (Wildman–Crippen LogP) is 4.17. The highest BCUT2D eigenvalue weighted by atomic mass is 35.5. The SMILES string of the molecule is Cc1nn(CC(=O)Nc2nn(Cc3c(F)cccc3Cl)cc2Cl)cc1Cl. The van der Waals surface area contributed by atoms with E-state index >= 15 is 0 Å². The first-order valence-corrected chi connectivity index (χ1v) is 8.62. The zero-order chi connectivity index (χ0) is 18.8. The standard InChI is InChI=1S/C16H13Cl3FN5O/c1-9-12(18)6-25(22-9)8-15(26)21-16-13(19)7-24(23-16)5-10-11(17)3-2-4-14(10)20/h2-4,6-7H,5,8H2,1H3,(H,21,23,26). The second kappa shape index (κ2) is 7.65. The van der Waals surface area contributed by atoms with Gasteiger partial charge in [-0.15, -0.1) is 0 Å². The van der Waals surface area contributed by atoms with Gasteiger partial charge in [0.2, 0.25) is 5.91 Å². The molecule has 0 radical (unpaired) electrons. The van der Waals surface area contributed by atoms with Crippen molar-refractivity contribution in [1.29, 1.82) is 0 Å². The van der Waals surface area contributed by atoms with Crippen molar-refractivity contribution >= 4 is 46.5 Å². The van der Waals surface area contributed by atoms with E-state index in [4.69, 9.17) is 34.8 Å². The summed E-state index contributed by atoms with van der Waals surface area (Å²) < 4.78 is 16.7. The van der Waals surface area contributed by atoms with Gasteiger partial charge in [-0.3, -0.25) is 14.2 Å². The average molecular weight is 417 g/mol. The maximum absolute atomic E-state index is 13.9. The van der Waals surface area contributed by atoms with Crippen molar-refractivity contribution in [2.45, 2.75) is 20.0 Å². The van der Waals surface area contributed by atoms with Crippen LogP contribution < -0.4 is 5.32 Å². The molecular weight excluding hydrogens is 404 g/mol. The molecule has 0 aliphatic rings. The molecule has 10 heteroatoms. The maximum atomic E-state index is 13.9. The summed E-state index contributed by atoms with van der Waals surface area (Å²) in [5.74, 6) is -0.653. The first kappa shape index (κ1) is 18.7. The fourth-order valence-corrected chi connectivity index (χ4v) is 2.87. The number of anilines is 1. The summed E-state index contributed by atoms with van der Waals surface area (Å²) in [5, 5.41) is 11.8. The molecule has 0 saturated carbocycles. The van der Waals surface area contributed by atoms with Crippen LogP contribution in [-0.2, 0) is 17.9 Å². The Kier molecular flexibility index (Phi) is 5.50. The third-order valence-corrected chi connectivity index (χ3v) is 4.55. The summed E-state index contributed by atoms with van der Waals surface area (Å²) in [6, 6.07) is 4.42. The Morgan fingerprint density at radius 1 is 1.12 bits per heavy atom. The molecular formula is C16H13Cl3FN5O. The summed E-state index contributed by atoms with van der Waals surface area (Å²) in [4.78, 5) is 12.1. The van der Waals surface area contributed by atoms with Crippen molar-refractivity contribution in [2.75, 3.05) is 5.32 Å². The van der Waals surface area contributed by atoms with Crippen molar-refractivity contribution < 1.29 is 9.18 Å². The molecule has 0 bridgehead atoms. The summed E-state index contributed by atoms with van der Waals surface area (Å²) in [6.45, 7) is 1.77. The highest BCUT2D eigenvalue weighted by Gasteiger charge is 2.14. The van der Waals surface area contributed by atoms with Gasteiger partial charge in [0.05, 0.1) is 17.3 Å². The Morgan fingerprint density at radius 3 is 2.50 bits per heavy atom. The normalized spacial score (nSPS) is 11.0. The van der Waals surface area contributed by atoms with E-state index in [9.17, 15) is 9.18 Å². The lowest BCUT2D eigenvalue weighted by Crippen LogP contribution is -2.19. The minimum absolute atomic E-state index is 0.0457. The molecule has 136 valence electrons. The van der Waals surface area contributed by atoms with Crippen molar-refractivity contribution in [3.63, 3.8) is 0 Å². The third kappa shape index (κ3) is 4.17. The number of nitrogens with zero attached hydrogens (tertiary/aromatic N) is 4. The quantitative estimate of drug-likeness (QED) is 0.679. The molecule has 3 aromatic rings. The molecule has 2 heterocycles. The fourth-order valence-electron chi connectivity index (χ4n) is 2.30. The van der Waals surface area contributed by atoms with E-state index in [-0.39, 0.29) is 40.4 Å². The molecule has 0 atom stereocenters. The molecule has 0 fully saturated rings. The van der Waals surface area contributed by atoms with Gasteiger partial charge in [0, 0.05) is 23.0 Å². The van der Waals surface area contributed by atoms with Crippen LogP contribution in [0.15, 0.2) is 30.6 Å². The minimum Gasteiger partial charge on any atom is -0.306 e. The first-order chi connectivity index (χ1) is 12.3. The lowest BCUT2D eigenvalue weighted by Gasteiger charge is -2.06. The van der Waals surface area contributed by atoms with Gasteiger partial charge in [-0.1, -0.05) is 40.9 Å². The van der Waals surface area contributed by atoms with Gasteiger partial charge in [0.25, 0.3) is 0 Å². The van der Waals surface area contributed by atoms with Gasteiger partial charge in [0.1, 0.15) is 17.4 Å². The number of halogens is 4. The van der Waals surface area contributed by atoms with Crippen molar-refractivity contribution in [3.8, 4) is 0 Å². The fraction of sp³-hybridized carbons (Fsp3) is 0.188. The van der Waals surface area contributed by atoms with Crippen LogP contribution in [0.2, 0.25) is 15.1 Å². The molecule has 1 amide bonds. The van der Waals surface area contributed by atoms with Crippen LogP contribution in [0, 0.1) is 12.7 Å². The molecule has 0 aliphatic carbocycles. The van der Waals surface area contributed by atoms with Gasteiger partial charge >= 0.3 is 0 Å². The van der Waals surface area contributed by atoms with E-state index < -0.39 is 5.82 Å². The molecule has 1 N–H and O–H groups in total. The van der Waals surface area contributed by atoms with Crippen LogP contribution in [0.4, 0.5) is 10.2 Å². The molecule has 1 aromatic carbocycles. The number of nitrogens with one attached hydrogen (secondary N) is 1. The largest absolute Gasteiger partial charge is 0.306 e. The Morgan fingerprint density at radius 2 is 1.85 bits per heavy atom. The van der Waals surface area contributed by atoms with Crippen LogP contribution in [0.25, 0.3) is 0 Å². The molecule has 0 saturated heterocycles. The summed E-state index contributed by atoms with van der Waals surface area (Å²) in [6.07, 6.45) is 3.03. The van der Waals surface area contributed by atoms with E-state index in [2.05, 4.69) is 15.5 Å². The first-order valence-electron chi connectivity index (χ1n) is 7.48. The van der Waals surface area contributed by atoms with Crippen molar-refractivity contribution in [3.05, 3.63) is 62.7 Å². The lowest BCUT2D eigenvalue weighted by atomic mass is 10.2. The number of aromatic nitrogens is 4. The molecule has 0 spiro atoms. The molecule has 2 aromatic heterocycles. The summed E-state index contributed by atoms with van der Waals surface area (Å²) in [7, 11) is 0. The summed E-state index contributed by atoms with van der Waals surface area (Å²) >= 11 is 18.0. The second-order valence-electron chi connectivity index (χ2n) is 5.53. The van der Waals surface area contributed by atoms with Crippen molar-refractivity contribution in [1.82, 2.24) is 19.6 Å². The average Bonchev–Trinajstić information content (AvgIpc) is 3.05. The van der Waals surface area contributed by atoms with Gasteiger partial charge in [-0.25, -0.2) is 4.39 Å². The lowest BCUT2D eigenvalue weighted by molar-refractivity contribution is -0.116. The number of carbonyl (C=O) groups is 1. The van der Waals surface area contributed by atoms with Gasteiger partial charge < -0.3 is 5.32 Å². The van der Waals surface area contributed by atoms with Crippen LogP contribution in [-0.4, -0.2) is 25.5 Å². The monoisotopic (exact) mass is 415 g/mol. The highest BCUT2D eigenvalue weighted by molar-refractivity contribution is 6.33. The van der Waals surface area contributed by atoms with Crippen LogP contribution in [0.3, 0.4) is 0 Å². The Bertz CT molecular complexity index is 929. The minimum atomic E-state index is -0.444. The predicted molar refractivity (Wildman–Crippen MR) is 98.4 cm³/mol.